The highest BCUT2D eigenvalue weighted by Gasteiger charge is 2.31. The van der Waals surface area contributed by atoms with E-state index in [0.717, 1.165) is 31.4 Å². The summed E-state index contributed by atoms with van der Waals surface area (Å²) in [5, 5.41) is 10.8. The summed E-state index contributed by atoms with van der Waals surface area (Å²) < 4.78 is 47.6. The highest BCUT2D eigenvalue weighted by atomic mass is 35.5. The quantitative estimate of drug-likeness (QED) is 0.155. The summed E-state index contributed by atoms with van der Waals surface area (Å²) in [7, 11) is 0.926. The summed E-state index contributed by atoms with van der Waals surface area (Å²) in [5.74, 6) is -3.94. The Morgan fingerprint density at radius 1 is 1.13 bits per heavy atom. The van der Waals surface area contributed by atoms with Gasteiger partial charge in [-0.25, -0.2) is 4.79 Å². The van der Waals surface area contributed by atoms with E-state index in [9.17, 15) is 37.7 Å². The molecule has 0 radical (unpaired) electrons. The van der Waals surface area contributed by atoms with Crippen molar-refractivity contribution in [3.63, 3.8) is 0 Å². The molecule has 0 amide bonds. The van der Waals surface area contributed by atoms with Crippen molar-refractivity contribution in [2.45, 2.75) is 12.6 Å². The van der Waals surface area contributed by atoms with Gasteiger partial charge in [-0.1, -0.05) is 11.6 Å². The largest absolute Gasteiger partial charge is 0.463 e. The number of hydrogen-bond acceptors (Lipinski definition) is 7. The molecule has 0 bridgehead atoms. The van der Waals surface area contributed by atoms with Gasteiger partial charge >= 0.3 is 12.1 Å². The van der Waals surface area contributed by atoms with Gasteiger partial charge in [0.15, 0.2) is 5.78 Å². The van der Waals surface area contributed by atoms with Crippen LogP contribution in [0.1, 0.15) is 22.3 Å². The third kappa shape index (κ3) is 5.32. The van der Waals surface area contributed by atoms with E-state index in [1.54, 1.807) is 0 Å². The fourth-order valence-corrected chi connectivity index (χ4v) is 2.49. The van der Waals surface area contributed by atoms with Crippen LogP contribution in [0, 0.1) is 10.1 Å². The third-order valence-corrected chi connectivity index (χ3v) is 3.98. The molecule has 2 aromatic rings. The summed E-state index contributed by atoms with van der Waals surface area (Å²) in [5.41, 5.74) is -2.22. The lowest BCUT2D eigenvalue weighted by Gasteiger charge is -2.12. The van der Waals surface area contributed by atoms with Gasteiger partial charge in [-0.05, 0) is 30.3 Å². The maximum atomic E-state index is 12.7. The van der Waals surface area contributed by atoms with Crippen LogP contribution in [0.25, 0.3) is 0 Å². The zero-order chi connectivity index (χ0) is 22.6. The zero-order valence-electron chi connectivity index (χ0n) is 15.0. The van der Waals surface area contributed by atoms with E-state index in [0.29, 0.717) is 12.1 Å². The van der Waals surface area contributed by atoms with E-state index >= 15 is 0 Å². The number of nitrogens with zero attached hydrogens (tertiary/aromatic N) is 1. The Hall–Kier alpha value is -3.47. The number of Topliss-reactive ketones (excluding diaryl/α,β-unsaturated/α-hetero) is 2. The van der Waals surface area contributed by atoms with Gasteiger partial charge in [0, 0.05) is 6.07 Å². The van der Waals surface area contributed by atoms with Crippen LogP contribution < -0.4 is 4.74 Å². The maximum Gasteiger partial charge on any atom is 0.416 e. The Kier molecular flexibility index (Phi) is 6.77. The molecule has 12 heteroatoms. The van der Waals surface area contributed by atoms with Gasteiger partial charge < -0.3 is 9.47 Å². The molecular formula is C18H11ClF3NO7. The van der Waals surface area contributed by atoms with Crippen molar-refractivity contribution < 1.29 is 42.0 Å². The Labute approximate surface area is 171 Å². The van der Waals surface area contributed by atoms with Gasteiger partial charge in [0.1, 0.15) is 11.5 Å². The zero-order valence-corrected chi connectivity index (χ0v) is 15.7. The minimum Gasteiger partial charge on any atom is -0.463 e. The Morgan fingerprint density at radius 3 is 2.33 bits per heavy atom. The second-order valence-corrected chi connectivity index (χ2v) is 6.10. The molecule has 30 heavy (non-hydrogen) atoms. The number of esters is 1. The monoisotopic (exact) mass is 445 g/mol. The van der Waals surface area contributed by atoms with Crippen molar-refractivity contribution in [3.8, 4) is 11.5 Å². The molecular weight excluding hydrogens is 435 g/mol. The normalized spacial score (nSPS) is 11.0. The number of halogens is 4. The van der Waals surface area contributed by atoms with Crippen molar-refractivity contribution in [1.29, 1.82) is 0 Å². The van der Waals surface area contributed by atoms with Crippen LogP contribution in [-0.4, -0.2) is 29.6 Å². The van der Waals surface area contributed by atoms with E-state index in [1.165, 1.54) is 0 Å². The first-order valence-corrected chi connectivity index (χ1v) is 8.29. The summed E-state index contributed by atoms with van der Waals surface area (Å²) in [6.45, 7) is 0. The lowest BCUT2D eigenvalue weighted by atomic mass is 10.0. The molecule has 0 saturated heterocycles. The van der Waals surface area contributed by atoms with Crippen molar-refractivity contribution in [2.75, 3.05) is 7.11 Å². The van der Waals surface area contributed by atoms with Crippen molar-refractivity contribution in [1.82, 2.24) is 0 Å². The molecule has 0 aromatic heterocycles. The second-order valence-electron chi connectivity index (χ2n) is 5.70. The molecule has 0 aliphatic rings. The number of carbonyl (C=O) groups excluding carboxylic acids is 3. The first kappa shape index (κ1) is 22.8. The lowest BCUT2D eigenvalue weighted by Crippen LogP contribution is -2.19. The summed E-state index contributed by atoms with van der Waals surface area (Å²) in [6, 6.07) is 5.19. The summed E-state index contributed by atoms with van der Waals surface area (Å²) >= 11 is 5.79. The number of nitro groups is 1. The molecule has 2 rings (SSSR count). The smallest absolute Gasteiger partial charge is 0.416 e. The summed E-state index contributed by atoms with van der Waals surface area (Å²) in [4.78, 5) is 45.3. The van der Waals surface area contributed by atoms with Gasteiger partial charge in [-0.3, -0.25) is 19.7 Å². The van der Waals surface area contributed by atoms with Gasteiger partial charge in [-0.15, -0.1) is 0 Å². The van der Waals surface area contributed by atoms with Crippen LogP contribution >= 0.6 is 11.6 Å². The van der Waals surface area contributed by atoms with E-state index in [1.807, 2.05) is 0 Å². The molecule has 0 heterocycles. The van der Waals surface area contributed by atoms with Gasteiger partial charge in [0.2, 0.25) is 5.78 Å². The third-order valence-electron chi connectivity index (χ3n) is 3.69. The Balaban J connectivity index is 2.36. The second kappa shape index (κ2) is 8.91. The van der Waals surface area contributed by atoms with Gasteiger partial charge in [0.25, 0.3) is 5.69 Å². The standard InChI is InChI=1S/C18H11ClF3NO7/c1-29-17(26)15(25)8-14(24)11-7-10(3-4-13(11)23(27)28)30-16-5-2-9(6-12(16)19)18(20,21)22/h2-7H,8H2,1H3. The van der Waals surface area contributed by atoms with E-state index in [2.05, 4.69) is 4.74 Å². The van der Waals surface area contributed by atoms with Crippen LogP contribution in [0.5, 0.6) is 11.5 Å². The van der Waals surface area contributed by atoms with Crippen LogP contribution in [0.3, 0.4) is 0 Å². The number of ketones is 2. The van der Waals surface area contributed by atoms with Gasteiger partial charge in [-0.2, -0.15) is 13.2 Å². The molecule has 0 spiro atoms. The lowest BCUT2D eigenvalue weighted by molar-refractivity contribution is -0.385. The van der Waals surface area contributed by atoms with Crippen LogP contribution in [-0.2, 0) is 20.5 Å². The van der Waals surface area contributed by atoms with Crippen LogP contribution in [0.15, 0.2) is 36.4 Å². The average Bonchev–Trinajstić information content (AvgIpc) is 2.67. The van der Waals surface area contributed by atoms with E-state index < -0.39 is 56.9 Å². The van der Waals surface area contributed by atoms with E-state index in [4.69, 9.17) is 16.3 Å². The number of carbonyl (C=O) groups is 3. The molecule has 0 atom stereocenters. The molecule has 0 saturated carbocycles. The predicted octanol–water partition coefficient (Wildman–Crippen LogP) is 4.37. The fourth-order valence-electron chi connectivity index (χ4n) is 2.28. The predicted molar refractivity (Wildman–Crippen MR) is 95.6 cm³/mol. The first-order chi connectivity index (χ1) is 13.9. The Bertz CT molecular complexity index is 1040. The molecule has 0 aliphatic heterocycles. The van der Waals surface area contributed by atoms with Crippen molar-refractivity contribution in [2.24, 2.45) is 0 Å². The highest BCUT2D eigenvalue weighted by Crippen LogP contribution is 2.37. The van der Waals surface area contributed by atoms with Crippen molar-refractivity contribution >= 4 is 34.8 Å². The minimum atomic E-state index is -4.62. The number of nitro benzene ring substituents is 1. The van der Waals surface area contributed by atoms with Gasteiger partial charge in [0.05, 0.1) is 34.6 Å². The number of rotatable bonds is 7. The highest BCUT2D eigenvalue weighted by molar-refractivity contribution is 6.38. The number of benzene rings is 2. The average molecular weight is 446 g/mol. The number of alkyl halides is 3. The molecule has 0 N–H and O–H groups in total. The van der Waals surface area contributed by atoms with E-state index in [-0.39, 0.29) is 11.5 Å². The van der Waals surface area contributed by atoms with Crippen molar-refractivity contribution in [3.05, 3.63) is 62.7 Å². The Morgan fingerprint density at radius 2 is 1.80 bits per heavy atom. The molecule has 2 aromatic carbocycles. The number of hydrogen-bond donors (Lipinski definition) is 0. The molecule has 0 aliphatic carbocycles. The first-order valence-electron chi connectivity index (χ1n) is 7.91. The fraction of sp³-hybridized carbons (Fsp3) is 0.167. The number of methoxy groups -OCH3 is 1. The molecule has 158 valence electrons. The van der Waals surface area contributed by atoms with Crippen LogP contribution in [0.4, 0.5) is 18.9 Å². The maximum absolute atomic E-state index is 12.7. The molecule has 0 unspecified atom stereocenters. The molecule has 8 nitrogen and oxygen atoms in total. The van der Waals surface area contributed by atoms with Crippen LogP contribution in [0.2, 0.25) is 5.02 Å². The minimum absolute atomic E-state index is 0.170. The SMILES string of the molecule is COC(=O)C(=O)CC(=O)c1cc(Oc2ccc(C(F)(F)F)cc2Cl)ccc1[N+](=O)[O-]. The molecule has 0 fully saturated rings. The summed E-state index contributed by atoms with van der Waals surface area (Å²) in [6.07, 6.45) is -5.61. The topological polar surface area (TPSA) is 113 Å². The number of ether oxygens (including phenoxy) is 2.